The number of aliphatic imine (C=N–C) groups is 1. The van der Waals surface area contributed by atoms with E-state index in [0.29, 0.717) is 0 Å². The fourth-order valence-electron chi connectivity index (χ4n) is 3.20. The van der Waals surface area contributed by atoms with E-state index >= 15 is 0 Å². The number of carbonyl (C=O) groups is 2. The van der Waals surface area contributed by atoms with Crippen LogP contribution in [0.4, 0.5) is 26.3 Å². The summed E-state index contributed by atoms with van der Waals surface area (Å²) in [4.78, 5) is 28.7. The Labute approximate surface area is 167 Å². The Morgan fingerprint density at radius 1 is 1.00 bits per heavy atom. The van der Waals surface area contributed by atoms with Gasteiger partial charge in [0.2, 0.25) is 5.82 Å². The van der Waals surface area contributed by atoms with Crippen LogP contribution in [0.2, 0.25) is 0 Å². The number of alkyl halides is 1. The van der Waals surface area contributed by atoms with Crippen LogP contribution in [0.25, 0.3) is 0 Å². The third kappa shape index (κ3) is 3.92. The van der Waals surface area contributed by atoms with Crippen molar-refractivity contribution in [3.8, 4) is 0 Å². The van der Waals surface area contributed by atoms with Gasteiger partial charge in [0.25, 0.3) is 0 Å². The number of hydrogen-bond acceptors (Lipinski definition) is 5. The van der Waals surface area contributed by atoms with Crippen LogP contribution in [0.1, 0.15) is 32.3 Å². The Kier molecular flexibility index (Phi) is 6.94. The van der Waals surface area contributed by atoms with E-state index in [1.807, 2.05) is 0 Å². The lowest BCUT2D eigenvalue weighted by atomic mass is 9.75. The van der Waals surface area contributed by atoms with Crippen LogP contribution in [0, 0.1) is 35.0 Å². The molecular formula is C19H17F6NO4. The third-order valence-electron chi connectivity index (χ3n) is 4.41. The molecule has 1 aromatic carbocycles. The minimum atomic E-state index is -2.43. The van der Waals surface area contributed by atoms with Crippen LogP contribution in [-0.4, -0.2) is 37.5 Å². The average Bonchev–Trinajstić information content (AvgIpc) is 2.69. The van der Waals surface area contributed by atoms with Crippen molar-refractivity contribution in [2.45, 2.75) is 32.8 Å². The summed E-state index contributed by atoms with van der Waals surface area (Å²) in [7, 11) is 0.855. The second-order valence-electron chi connectivity index (χ2n) is 6.66. The number of nitrogens with zero attached hydrogens (tertiary/aromatic N) is 1. The first-order chi connectivity index (χ1) is 14.0. The van der Waals surface area contributed by atoms with Crippen LogP contribution < -0.4 is 0 Å². The predicted octanol–water partition coefficient (Wildman–Crippen LogP) is 3.90. The first kappa shape index (κ1) is 23.4. The number of ether oxygens (including phenoxy) is 2. The molecule has 5 nitrogen and oxygen atoms in total. The Balaban J connectivity index is 2.93. The standard InChI is InChI=1S/C19H17F6NO4/c1-6(2)30-19(28)9-7(3)26-8(5-20)10(18(27)29-4)11(9)12-13(21)15(23)17(25)16(24)14(12)22/h6,9,11H,5H2,1-4H3. The van der Waals surface area contributed by atoms with E-state index in [1.54, 1.807) is 0 Å². The third-order valence-corrected chi connectivity index (χ3v) is 4.41. The number of benzene rings is 1. The number of hydrogen-bond donors (Lipinski definition) is 0. The van der Waals surface area contributed by atoms with Crippen molar-refractivity contribution in [3.63, 3.8) is 0 Å². The van der Waals surface area contributed by atoms with Crippen LogP contribution in [0.3, 0.4) is 0 Å². The van der Waals surface area contributed by atoms with Crippen molar-refractivity contribution < 1.29 is 45.4 Å². The second kappa shape index (κ2) is 8.88. The number of halogens is 6. The predicted molar refractivity (Wildman–Crippen MR) is 91.8 cm³/mol. The Bertz CT molecular complexity index is 928. The molecule has 164 valence electrons. The molecule has 0 amide bonds. The van der Waals surface area contributed by atoms with E-state index in [-0.39, 0.29) is 5.71 Å². The van der Waals surface area contributed by atoms with Crippen molar-refractivity contribution in [2.75, 3.05) is 13.8 Å². The Morgan fingerprint density at radius 2 is 1.50 bits per heavy atom. The van der Waals surface area contributed by atoms with Crippen molar-refractivity contribution >= 4 is 17.7 Å². The molecular weight excluding hydrogens is 420 g/mol. The minimum absolute atomic E-state index is 0.241. The molecule has 2 unspecified atom stereocenters. The van der Waals surface area contributed by atoms with Gasteiger partial charge in [-0.3, -0.25) is 9.79 Å². The van der Waals surface area contributed by atoms with Gasteiger partial charge < -0.3 is 9.47 Å². The van der Waals surface area contributed by atoms with Crippen LogP contribution in [0.15, 0.2) is 16.3 Å². The van der Waals surface area contributed by atoms with Crippen LogP contribution in [0.5, 0.6) is 0 Å². The lowest BCUT2D eigenvalue weighted by molar-refractivity contribution is -0.150. The van der Waals surface area contributed by atoms with Gasteiger partial charge in [0.05, 0.1) is 24.5 Å². The maximum Gasteiger partial charge on any atom is 0.336 e. The second-order valence-corrected chi connectivity index (χ2v) is 6.66. The molecule has 0 fully saturated rings. The lowest BCUT2D eigenvalue weighted by Gasteiger charge is -2.32. The summed E-state index contributed by atoms with van der Waals surface area (Å²) in [5.41, 5.74) is -3.24. The summed E-state index contributed by atoms with van der Waals surface area (Å²) >= 11 is 0. The molecule has 0 spiro atoms. The number of esters is 2. The average molecular weight is 437 g/mol. The number of methoxy groups -OCH3 is 1. The highest BCUT2D eigenvalue weighted by molar-refractivity contribution is 6.07. The molecule has 1 aromatic rings. The zero-order valence-electron chi connectivity index (χ0n) is 16.3. The molecule has 2 rings (SSSR count). The molecule has 0 saturated heterocycles. The van der Waals surface area contributed by atoms with Crippen LogP contribution >= 0.6 is 0 Å². The molecule has 0 N–H and O–H groups in total. The summed E-state index contributed by atoms with van der Waals surface area (Å²) in [5.74, 6) is -17.9. The number of allylic oxidation sites excluding steroid dienone is 1. The van der Waals surface area contributed by atoms with Gasteiger partial charge in [0.15, 0.2) is 23.3 Å². The quantitative estimate of drug-likeness (QED) is 0.303. The number of carbonyl (C=O) groups excluding carboxylic acids is 2. The highest BCUT2D eigenvalue weighted by Crippen LogP contribution is 2.43. The van der Waals surface area contributed by atoms with Crippen LogP contribution in [-0.2, 0) is 19.1 Å². The minimum Gasteiger partial charge on any atom is -0.466 e. The van der Waals surface area contributed by atoms with Gasteiger partial charge in [0.1, 0.15) is 12.6 Å². The van der Waals surface area contributed by atoms with E-state index in [4.69, 9.17) is 4.74 Å². The highest BCUT2D eigenvalue weighted by Gasteiger charge is 2.47. The lowest BCUT2D eigenvalue weighted by Crippen LogP contribution is -2.39. The van der Waals surface area contributed by atoms with Gasteiger partial charge in [-0.1, -0.05) is 0 Å². The van der Waals surface area contributed by atoms with Gasteiger partial charge >= 0.3 is 11.9 Å². The summed E-state index contributed by atoms with van der Waals surface area (Å²) < 4.78 is 93.5. The Morgan fingerprint density at radius 3 is 1.93 bits per heavy atom. The fraction of sp³-hybridized carbons (Fsp3) is 0.421. The zero-order valence-corrected chi connectivity index (χ0v) is 16.3. The topological polar surface area (TPSA) is 65.0 Å². The zero-order chi connectivity index (χ0) is 22.9. The summed E-state index contributed by atoms with van der Waals surface area (Å²) in [6.07, 6.45) is -0.726. The first-order valence-electron chi connectivity index (χ1n) is 8.62. The van der Waals surface area contributed by atoms with Gasteiger partial charge in [-0.25, -0.2) is 31.1 Å². The smallest absolute Gasteiger partial charge is 0.336 e. The summed E-state index contributed by atoms with van der Waals surface area (Å²) in [6, 6.07) is 0. The Hall–Kier alpha value is -2.85. The van der Waals surface area contributed by atoms with Gasteiger partial charge in [-0.05, 0) is 20.8 Å². The first-order valence-corrected chi connectivity index (χ1v) is 8.62. The molecule has 0 radical (unpaired) electrons. The normalized spacial score (nSPS) is 19.1. The van der Waals surface area contributed by atoms with Crippen molar-refractivity contribution in [3.05, 3.63) is 45.9 Å². The summed E-state index contributed by atoms with van der Waals surface area (Å²) in [5, 5.41) is 0. The maximum atomic E-state index is 14.6. The van der Waals surface area contributed by atoms with E-state index in [0.717, 1.165) is 7.11 Å². The van der Waals surface area contributed by atoms with Crippen molar-refractivity contribution in [1.29, 1.82) is 0 Å². The number of rotatable bonds is 5. The monoisotopic (exact) mass is 437 g/mol. The SMILES string of the molecule is COC(=O)C1=C(CF)N=C(C)C(C(=O)OC(C)C)C1c1c(F)c(F)c(F)c(F)c1F. The van der Waals surface area contributed by atoms with Crippen molar-refractivity contribution in [1.82, 2.24) is 0 Å². The molecule has 2 atom stereocenters. The molecule has 30 heavy (non-hydrogen) atoms. The molecule has 0 saturated carbocycles. The molecule has 0 bridgehead atoms. The largest absolute Gasteiger partial charge is 0.466 e. The maximum absolute atomic E-state index is 14.6. The van der Waals surface area contributed by atoms with E-state index in [2.05, 4.69) is 9.73 Å². The highest BCUT2D eigenvalue weighted by atomic mass is 19.2. The van der Waals surface area contributed by atoms with E-state index in [9.17, 15) is 35.9 Å². The van der Waals surface area contributed by atoms with E-state index < -0.39 is 82.5 Å². The molecule has 1 heterocycles. The fourth-order valence-corrected chi connectivity index (χ4v) is 3.20. The molecule has 0 aliphatic carbocycles. The van der Waals surface area contributed by atoms with Gasteiger partial charge in [-0.15, -0.1) is 0 Å². The van der Waals surface area contributed by atoms with Crippen molar-refractivity contribution in [2.24, 2.45) is 10.9 Å². The van der Waals surface area contributed by atoms with E-state index in [1.165, 1.54) is 20.8 Å². The van der Waals surface area contributed by atoms with Gasteiger partial charge in [0, 0.05) is 17.2 Å². The molecule has 11 heteroatoms. The molecule has 0 aromatic heterocycles. The molecule has 1 aliphatic heterocycles. The summed E-state index contributed by atoms with van der Waals surface area (Å²) in [6.45, 7) is 2.64. The molecule has 1 aliphatic rings. The van der Waals surface area contributed by atoms with Gasteiger partial charge in [-0.2, -0.15) is 0 Å².